The zero-order chi connectivity index (χ0) is 23.0. The van der Waals surface area contributed by atoms with E-state index in [0.29, 0.717) is 43.4 Å². The molecule has 174 valence electrons. The fraction of sp³-hybridized carbons (Fsp3) is 0.600. The van der Waals surface area contributed by atoms with Crippen LogP contribution in [0, 0.1) is 0 Å². The third-order valence-electron chi connectivity index (χ3n) is 6.21. The average molecular weight is 441 g/mol. The minimum absolute atomic E-state index is 0.0519. The molecule has 3 rings (SSSR count). The Bertz CT molecular complexity index is 883. The quantitative estimate of drug-likeness (QED) is 0.529. The van der Waals surface area contributed by atoms with Gasteiger partial charge in [-0.15, -0.1) is 0 Å². The lowest BCUT2D eigenvalue weighted by molar-refractivity contribution is -0.135. The lowest BCUT2D eigenvalue weighted by atomic mass is 9.80. The molecule has 0 unspecified atom stereocenters. The second-order valence-corrected chi connectivity index (χ2v) is 9.09. The van der Waals surface area contributed by atoms with Crippen LogP contribution in [0.5, 0.6) is 0 Å². The third-order valence-corrected chi connectivity index (χ3v) is 6.21. The van der Waals surface area contributed by atoms with Crippen LogP contribution in [0.1, 0.15) is 89.5 Å². The molecule has 1 saturated carbocycles. The molecular formula is C25H36N4O3. The van der Waals surface area contributed by atoms with Crippen LogP contribution in [0.2, 0.25) is 0 Å². The van der Waals surface area contributed by atoms with Crippen molar-refractivity contribution in [2.75, 3.05) is 6.54 Å². The average Bonchev–Trinajstić information content (AvgIpc) is 3.27. The molecule has 2 N–H and O–H groups in total. The maximum absolute atomic E-state index is 12.9. The third kappa shape index (κ3) is 6.17. The van der Waals surface area contributed by atoms with Crippen molar-refractivity contribution < 1.29 is 14.1 Å². The van der Waals surface area contributed by atoms with Gasteiger partial charge in [-0.25, -0.2) is 0 Å². The summed E-state index contributed by atoms with van der Waals surface area (Å²) in [6, 6.07) is 8.11. The Morgan fingerprint density at radius 2 is 1.84 bits per heavy atom. The van der Waals surface area contributed by atoms with Gasteiger partial charge < -0.3 is 15.2 Å². The molecule has 7 heteroatoms. The summed E-state index contributed by atoms with van der Waals surface area (Å²) < 4.78 is 5.35. The first-order valence-electron chi connectivity index (χ1n) is 12.0. The summed E-state index contributed by atoms with van der Waals surface area (Å²) in [6.07, 6.45) is 6.88. The van der Waals surface area contributed by atoms with Crippen molar-refractivity contribution in [2.24, 2.45) is 0 Å². The van der Waals surface area contributed by atoms with Gasteiger partial charge in [-0.3, -0.25) is 9.59 Å². The summed E-state index contributed by atoms with van der Waals surface area (Å²) in [5.41, 5.74) is 1.35. The molecule has 1 aliphatic rings. The number of carbonyl (C=O) groups excluding carboxylic acids is 2. The summed E-state index contributed by atoms with van der Waals surface area (Å²) in [7, 11) is 0. The van der Waals surface area contributed by atoms with Crippen molar-refractivity contribution in [3.63, 3.8) is 0 Å². The smallest absolute Gasteiger partial charge is 0.245 e. The molecule has 1 aliphatic carbocycles. The van der Waals surface area contributed by atoms with E-state index in [4.69, 9.17) is 4.52 Å². The van der Waals surface area contributed by atoms with Gasteiger partial charge >= 0.3 is 0 Å². The van der Waals surface area contributed by atoms with Crippen LogP contribution >= 0.6 is 0 Å². The SMILES string of the molecule is CCCCNC(=O)C1(NC(=O)CCc2nc(-c3ccc(C(C)C)cc3)no2)CCCCC1. The first kappa shape index (κ1) is 24.0. The van der Waals surface area contributed by atoms with E-state index in [9.17, 15) is 9.59 Å². The number of benzene rings is 1. The first-order valence-corrected chi connectivity index (χ1v) is 12.0. The van der Waals surface area contributed by atoms with Crippen LogP contribution in [0.15, 0.2) is 28.8 Å². The van der Waals surface area contributed by atoms with E-state index in [2.05, 4.69) is 53.7 Å². The molecule has 0 atom stereocenters. The van der Waals surface area contributed by atoms with Gasteiger partial charge in [0.25, 0.3) is 0 Å². The summed E-state index contributed by atoms with van der Waals surface area (Å²) in [5.74, 6) is 1.20. The lowest BCUT2D eigenvalue weighted by Crippen LogP contribution is -2.59. The largest absolute Gasteiger partial charge is 0.354 e. The number of aromatic nitrogens is 2. The highest BCUT2D eigenvalue weighted by Crippen LogP contribution is 2.29. The van der Waals surface area contributed by atoms with Gasteiger partial charge in [0.1, 0.15) is 5.54 Å². The fourth-order valence-electron chi connectivity index (χ4n) is 4.15. The molecular weight excluding hydrogens is 404 g/mol. The van der Waals surface area contributed by atoms with Crippen LogP contribution in [0.25, 0.3) is 11.4 Å². The van der Waals surface area contributed by atoms with Crippen LogP contribution in [-0.4, -0.2) is 34.0 Å². The molecule has 0 radical (unpaired) electrons. The van der Waals surface area contributed by atoms with E-state index in [1.807, 2.05) is 12.1 Å². The molecule has 7 nitrogen and oxygen atoms in total. The number of nitrogens with one attached hydrogen (secondary N) is 2. The van der Waals surface area contributed by atoms with Gasteiger partial charge in [-0.1, -0.05) is 75.9 Å². The Morgan fingerprint density at radius 1 is 1.12 bits per heavy atom. The number of rotatable bonds is 10. The highest BCUT2D eigenvalue weighted by atomic mass is 16.5. The highest BCUT2D eigenvalue weighted by molar-refractivity contribution is 5.91. The van der Waals surface area contributed by atoms with Gasteiger partial charge in [-0.05, 0) is 30.7 Å². The molecule has 32 heavy (non-hydrogen) atoms. The minimum atomic E-state index is -0.790. The van der Waals surface area contributed by atoms with E-state index in [0.717, 1.165) is 37.7 Å². The van der Waals surface area contributed by atoms with Crippen molar-refractivity contribution in [1.29, 1.82) is 0 Å². The zero-order valence-corrected chi connectivity index (χ0v) is 19.6. The van der Waals surface area contributed by atoms with Crippen molar-refractivity contribution in [3.8, 4) is 11.4 Å². The molecule has 1 fully saturated rings. The zero-order valence-electron chi connectivity index (χ0n) is 19.6. The Kier molecular flexibility index (Phi) is 8.42. The number of aryl methyl sites for hydroxylation is 1. The number of hydrogen-bond acceptors (Lipinski definition) is 5. The Labute approximate surface area is 190 Å². The molecule has 0 saturated heterocycles. The molecule has 0 aliphatic heterocycles. The summed E-state index contributed by atoms with van der Waals surface area (Å²) in [5, 5.41) is 10.1. The van der Waals surface area contributed by atoms with Gasteiger partial charge in [-0.2, -0.15) is 4.98 Å². The molecule has 2 aromatic rings. The number of unbranched alkanes of at least 4 members (excludes halogenated alkanes) is 1. The van der Waals surface area contributed by atoms with Gasteiger partial charge in [0.15, 0.2) is 0 Å². The second-order valence-electron chi connectivity index (χ2n) is 9.09. The first-order chi connectivity index (χ1) is 15.4. The van der Waals surface area contributed by atoms with E-state index in [1.165, 1.54) is 5.56 Å². The molecule has 0 bridgehead atoms. The topological polar surface area (TPSA) is 97.1 Å². The number of nitrogens with zero attached hydrogens (tertiary/aromatic N) is 2. The van der Waals surface area contributed by atoms with Gasteiger partial charge in [0.05, 0.1) is 0 Å². The van der Waals surface area contributed by atoms with Gasteiger partial charge in [0, 0.05) is 24.9 Å². The van der Waals surface area contributed by atoms with E-state index >= 15 is 0 Å². The van der Waals surface area contributed by atoms with Crippen LogP contribution in [0.4, 0.5) is 0 Å². The van der Waals surface area contributed by atoms with Crippen LogP contribution in [-0.2, 0) is 16.0 Å². The predicted molar refractivity (Wildman–Crippen MR) is 124 cm³/mol. The summed E-state index contributed by atoms with van der Waals surface area (Å²) in [4.78, 5) is 30.0. The standard InChI is InChI=1S/C25H36N4O3/c1-4-5-17-26-24(31)25(15-7-6-8-16-25)28-21(30)13-14-22-27-23(29-32-22)20-11-9-19(10-12-20)18(2)3/h9-12,18H,4-8,13-17H2,1-3H3,(H,26,31)(H,28,30). The van der Waals surface area contributed by atoms with Gasteiger partial charge in [0.2, 0.25) is 23.5 Å². The number of carbonyl (C=O) groups is 2. The highest BCUT2D eigenvalue weighted by Gasteiger charge is 2.40. The van der Waals surface area contributed by atoms with Crippen molar-refractivity contribution >= 4 is 11.8 Å². The Hall–Kier alpha value is -2.70. The monoisotopic (exact) mass is 440 g/mol. The van der Waals surface area contributed by atoms with E-state index in [1.54, 1.807) is 0 Å². The predicted octanol–water partition coefficient (Wildman–Crippen LogP) is 4.53. The maximum Gasteiger partial charge on any atom is 0.245 e. The Morgan fingerprint density at radius 3 is 2.50 bits per heavy atom. The van der Waals surface area contributed by atoms with Crippen molar-refractivity contribution in [1.82, 2.24) is 20.8 Å². The molecule has 0 spiro atoms. The summed E-state index contributed by atoms with van der Waals surface area (Å²) in [6.45, 7) is 7.04. The second kappa shape index (κ2) is 11.2. The Balaban J connectivity index is 1.56. The number of amides is 2. The minimum Gasteiger partial charge on any atom is -0.354 e. The molecule has 1 aromatic heterocycles. The maximum atomic E-state index is 12.9. The van der Waals surface area contributed by atoms with Crippen LogP contribution in [0.3, 0.4) is 0 Å². The lowest BCUT2D eigenvalue weighted by Gasteiger charge is -2.36. The van der Waals surface area contributed by atoms with E-state index in [-0.39, 0.29) is 18.2 Å². The molecule has 2 amide bonds. The number of hydrogen-bond donors (Lipinski definition) is 2. The van der Waals surface area contributed by atoms with Crippen molar-refractivity contribution in [2.45, 2.75) is 90.0 Å². The van der Waals surface area contributed by atoms with Crippen LogP contribution < -0.4 is 10.6 Å². The summed E-state index contributed by atoms with van der Waals surface area (Å²) >= 11 is 0. The molecule has 1 heterocycles. The van der Waals surface area contributed by atoms with E-state index < -0.39 is 5.54 Å². The fourth-order valence-corrected chi connectivity index (χ4v) is 4.15. The van der Waals surface area contributed by atoms with Crippen molar-refractivity contribution in [3.05, 3.63) is 35.7 Å². The molecule has 1 aromatic carbocycles. The normalized spacial score (nSPS) is 15.5.